The van der Waals surface area contributed by atoms with Crippen LogP contribution in [0.4, 0.5) is 11.4 Å². The molecule has 0 unspecified atom stereocenters. The highest BCUT2D eigenvalue weighted by Crippen LogP contribution is 2.32. The first-order chi connectivity index (χ1) is 15.5. The summed E-state index contributed by atoms with van der Waals surface area (Å²) in [5.74, 6) is -0.00940. The minimum atomic E-state index is -0.602. The van der Waals surface area contributed by atoms with Crippen molar-refractivity contribution in [2.45, 2.75) is 0 Å². The van der Waals surface area contributed by atoms with E-state index < -0.39 is 10.8 Å². The fourth-order valence-electron chi connectivity index (χ4n) is 3.09. The zero-order chi connectivity index (χ0) is 22.7. The van der Waals surface area contributed by atoms with E-state index in [1.165, 1.54) is 24.3 Å². The van der Waals surface area contributed by atoms with Crippen LogP contribution in [0.2, 0.25) is 5.02 Å². The number of nitro benzene ring substituents is 1. The molecule has 0 aliphatic heterocycles. The van der Waals surface area contributed by atoms with Crippen LogP contribution in [0.15, 0.2) is 76.9 Å². The average molecular weight is 445 g/mol. The van der Waals surface area contributed by atoms with Crippen molar-refractivity contribution >= 4 is 45.9 Å². The average Bonchev–Trinajstić information content (AvgIpc) is 3.25. The molecule has 9 heteroatoms. The lowest BCUT2D eigenvalue weighted by Gasteiger charge is -2.07. The zero-order valence-electron chi connectivity index (χ0n) is 16.3. The molecule has 0 atom stereocenters. The van der Waals surface area contributed by atoms with E-state index in [1.807, 2.05) is 18.2 Å². The van der Waals surface area contributed by atoms with Gasteiger partial charge in [0.15, 0.2) is 0 Å². The van der Waals surface area contributed by atoms with Crippen LogP contribution in [-0.2, 0) is 4.79 Å². The molecular formula is C23H13ClN4O4. The highest BCUT2D eigenvalue weighted by molar-refractivity contribution is 6.33. The van der Waals surface area contributed by atoms with Crippen molar-refractivity contribution in [3.63, 3.8) is 0 Å². The summed E-state index contributed by atoms with van der Waals surface area (Å²) in [5, 5.41) is 24.0. The smallest absolute Gasteiger partial charge is 0.270 e. The fourth-order valence-corrected chi connectivity index (χ4v) is 3.35. The van der Waals surface area contributed by atoms with Gasteiger partial charge >= 0.3 is 0 Å². The van der Waals surface area contributed by atoms with Crippen LogP contribution in [-0.4, -0.2) is 15.8 Å². The molecule has 0 radical (unpaired) electrons. The number of fused-ring (bicyclic) bond motifs is 1. The zero-order valence-corrected chi connectivity index (χ0v) is 17.0. The number of nitro groups is 1. The Morgan fingerprint density at radius 2 is 2.03 bits per heavy atom. The van der Waals surface area contributed by atoms with Gasteiger partial charge in [0.2, 0.25) is 0 Å². The molecule has 4 aromatic rings. The lowest BCUT2D eigenvalue weighted by atomic mass is 10.1. The second-order valence-electron chi connectivity index (χ2n) is 6.62. The van der Waals surface area contributed by atoms with Gasteiger partial charge < -0.3 is 9.73 Å². The number of aromatic nitrogens is 1. The number of anilines is 1. The molecule has 2 aromatic heterocycles. The summed E-state index contributed by atoms with van der Waals surface area (Å²) in [6.07, 6.45) is 2.96. The highest BCUT2D eigenvalue weighted by Gasteiger charge is 2.15. The number of nitriles is 1. The monoisotopic (exact) mass is 444 g/mol. The second kappa shape index (κ2) is 8.71. The van der Waals surface area contributed by atoms with E-state index >= 15 is 0 Å². The van der Waals surface area contributed by atoms with Crippen LogP contribution in [0.1, 0.15) is 5.76 Å². The van der Waals surface area contributed by atoms with Gasteiger partial charge in [0.05, 0.1) is 21.2 Å². The lowest BCUT2D eigenvalue weighted by molar-refractivity contribution is -0.384. The summed E-state index contributed by atoms with van der Waals surface area (Å²) in [5.41, 5.74) is 1.38. The number of pyridine rings is 1. The SMILES string of the molecule is N#C/C(=C\c1ccc(-c2ccc([N+](=O)[O-])cc2Cl)o1)C(=O)Nc1cccc2ncccc12. The predicted molar refractivity (Wildman–Crippen MR) is 120 cm³/mol. The first-order valence-corrected chi connectivity index (χ1v) is 9.65. The largest absolute Gasteiger partial charge is 0.457 e. The highest BCUT2D eigenvalue weighted by atomic mass is 35.5. The molecule has 2 aromatic carbocycles. The maximum absolute atomic E-state index is 12.7. The van der Waals surface area contributed by atoms with E-state index in [0.29, 0.717) is 22.5 Å². The van der Waals surface area contributed by atoms with Crippen molar-refractivity contribution in [1.29, 1.82) is 5.26 Å². The van der Waals surface area contributed by atoms with Crippen molar-refractivity contribution in [3.05, 3.63) is 93.3 Å². The summed E-state index contributed by atoms with van der Waals surface area (Å²) in [6.45, 7) is 0. The standard InChI is InChI=1S/C23H13ClN4O4/c24-19-12-15(28(30)31)6-8-17(19)22-9-7-16(32-22)11-14(13-25)23(29)27-21-5-1-4-20-18(21)3-2-10-26-20/h1-12H,(H,27,29)/b14-11+. The summed E-state index contributed by atoms with van der Waals surface area (Å²) in [6, 6.07) is 17.9. The first kappa shape index (κ1) is 20.8. The molecule has 4 rings (SSSR count). The number of nitrogens with one attached hydrogen (secondary N) is 1. The number of benzene rings is 2. The summed E-state index contributed by atoms with van der Waals surface area (Å²) in [4.78, 5) is 27.2. The maximum Gasteiger partial charge on any atom is 0.270 e. The van der Waals surface area contributed by atoms with E-state index in [0.717, 1.165) is 5.39 Å². The van der Waals surface area contributed by atoms with Gasteiger partial charge in [-0.2, -0.15) is 5.26 Å². The Hall–Kier alpha value is -4.48. The normalized spacial score (nSPS) is 11.2. The van der Waals surface area contributed by atoms with Crippen molar-refractivity contribution < 1.29 is 14.1 Å². The molecule has 0 spiro atoms. The van der Waals surface area contributed by atoms with Gasteiger partial charge in [-0.1, -0.05) is 17.7 Å². The van der Waals surface area contributed by atoms with Gasteiger partial charge in [0, 0.05) is 35.4 Å². The number of amides is 1. The lowest BCUT2D eigenvalue weighted by Crippen LogP contribution is -2.13. The van der Waals surface area contributed by atoms with Crippen LogP contribution < -0.4 is 5.32 Å². The van der Waals surface area contributed by atoms with Gasteiger partial charge in [0.25, 0.3) is 11.6 Å². The maximum atomic E-state index is 12.7. The number of carbonyl (C=O) groups is 1. The Labute approximate surface area is 186 Å². The molecule has 156 valence electrons. The Bertz CT molecular complexity index is 1430. The van der Waals surface area contributed by atoms with E-state index in [9.17, 15) is 20.2 Å². The molecule has 1 N–H and O–H groups in total. The van der Waals surface area contributed by atoms with Crippen LogP contribution in [0, 0.1) is 21.4 Å². The number of rotatable bonds is 5. The van der Waals surface area contributed by atoms with Crippen molar-refractivity contribution in [2.75, 3.05) is 5.32 Å². The Kier molecular flexibility index (Phi) is 5.66. The molecule has 2 heterocycles. The fraction of sp³-hybridized carbons (Fsp3) is 0. The quantitative estimate of drug-likeness (QED) is 0.185. The number of furan rings is 1. The second-order valence-corrected chi connectivity index (χ2v) is 7.03. The third-order valence-corrected chi connectivity index (χ3v) is 4.91. The van der Waals surface area contributed by atoms with E-state index in [2.05, 4.69) is 10.3 Å². The van der Waals surface area contributed by atoms with Gasteiger partial charge in [-0.15, -0.1) is 0 Å². The van der Waals surface area contributed by atoms with Gasteiger partial charge in [-0.25, -0.2) is 0 Å². The number of non-ortho nitro benzene ring substituents is 1. The number of halogens is 1. The van der Waals surface area contributed by atoms with Crippen LogP contribution in [0.3, 0.4) is 0 Å². The molecule has 0 saturated heterocycles. The minimum Gasteiger partial charge on any atom is -0.457 e. The van der Waals surface area contributed by atoms with E-state index in [1.54, 1.807) is 36.5 Å². The van der Waals surface area contributed by atoms with Crippen LogP contribution >= 0.6 is 11.6 Å². The van der Waals surface area contributed by atoms with E-state index in [-0.39, 0.29) is 22.0 Å². The van der Waals surface area contributed by atoms with Crippen molar-refractivity contribution in [1.82, 2.24) is 4.98 Å². The topological polar surface area (TPSA) is 122 Å². The third-order valence-electron chi connectivity index (χ3n) is 4.60. The molecule has 32 heavy (non-hydrogen) atoms. The van der Waals surface area contributed by atoms with Gasteiger partial charge in [-0.05, 0) is 42.5 Å². The molecule has 0 aliphatic carbocycles. The minimum absolute atomic E-state index is 0.141. The van der Waals surface area contributed by atoms with Crippen LogP contribution in [0.25, 0.3) is 28.3 Å². The number of hydrogen-bond donors (Lipinski definition) is 1. The van der Waals surface area contributed by atoms with Gasteiger partial charge in [-0.3, -0.25) is 19.9 Å². The number of hydrogen-bond acceptors (Lipinski definition) is 6. The Morgan fingerprint density at radius 1 is 1.19 bits per heavy atom. The van der Waals surface area contributed by atoms with E-state index in [4.69, 9.17) is 16.0 Å². The molecular weight excluding hydrogens is 432 g/mol. The number of carbonyl (C=O) groups excluding carboxylic acids is 1. The molecule has 8 nitrogen and oxygen atoms in total. The summed E-state index contributed by atoms with van der Waals surface area (Å²) < 4.78 is 5.68. The summed E-state index contributed by atoms with van der Waals surface area (Å²) in [7, 11) is 0. The molecule has 1 amide bonds. The summed E-state index contributed by atoms with van der Waals surface area (Å²) >= 11 is 6.14. The van der Waals surface area contributed by atoms with Gasteiger partial charge in [0.1, 0.15) is 23.2 Å². The third kappa shape index (κ3) is 4.19. The number of nitrogens with zero attached hydrogens (tertiary/aromatic N) is 3. The van der Waals surface area contributed by atoms with Crippen molar-refractivity contribution in [3.8, 4) is 17.4 Å². The molecule has 0 aliphatic rings. The first-order valence-electron chi connectivity index (χ1n) is 9.27. The molecule has 0 fully saturated rings. The molecule has 0 bridgehead atoms. The Balaban J connectivity index is 1.59. The molecule has 0 saturated carbocycles. The van der Waals surface area contributed by atoms with Crippen molar-refractivity contribution in [2.24, 2.45) is 0 Å². The predicted octanol–water partition coefficient (Wildman–Crippen LogP) is 5.60. The Morgan fingerprint density at radius 3 is 2.78 bits per heavy atom. The van der Waals surface area contributed by atoms with Crippen LogP contribution in [0.5, 0.6) is 0 Å².